The zero-order valence-electron chi connectivity index (χ0n) is 10.2. The molecule has 0 aromatic heterocycles. The van der Waals surface area contributed by atoms with Gasteiger partial charge < -0.3 is 10.1 Å². The summed E-state index contributed by atoms with van der Waals surface area (Å²) in [6, 6.07) is 8.52. The fourth-order valence-corrected chi connectivity index (χ4v) is 1.98. The van der Waals surface area contributed by atoms with Gasteiger partial charge in [0.05, 0.1) is 7.11 Å². The Kier molecular flexibility index (Phi) is 4.22. The molecule has 100 valence electrons. The molecule has 5 heteroatoms. The van der Waals surface area contributed by atoms with Crippen LogP contribution in [0.2, 0.25) is 5.02 Å². The number of ether oxygens (including phenoxy) is 1. The summed E-state index contributed by atoms with van der Waals surface area (Å²) in [6.45, 7) is 0.311. The van der Waals surface area contributed by atoms with Gasteiger partial charge in [0.15, 0.2) is 0 Å². The van der Waals surface area contributed by atoms with Crippen molar-refractivity contribution in [2.24, 2.45) is 0 Å². The van der Waals surface area contributed by atoms with E-state index in [4.69, 9.17) is 16.3 Å². The maximum Gasteiger partial charge on any atom is 0.128 e. The average Bonchev–Trinajstić information content (AvgIpc) is 2.36. The highest BCUT2D eigenvalue weighted by Gasteiger charge is 2.08. The summed E-state index contributed by atoms with van der Waals surface area (Å²) >= 11 is 6.07. The van der Waals surface area contributed by atoms with Crippen molar-refractivity contribution in [2.45, 2.75) is 6.54 Å². The van der Waals surface area contributed by atoms with E-state index in [2.05, 4.69) is 5.32 Å². The summed E-state index contributed by atoms with van der Waals surface area (Å²) < 4.78 is 31.3. The molecule has 0 spiro atoms. The molecule has 0 radical (unpaired) electrons. The highest BCUT2D eigenvalue weighted by molar-refractivity contribution is 6.31. The van der Waals surface area contributed by atoms with Crippen LogP contribution < -0.4 is 10.1 Å². The molecule has 0 aliphatic carbocycles. The van der Waals surface area contributed by atoms with E-state index < -0.39 is 11.6 Å². The fourth-order valence-electron chi connectivity index (χ4n) is 1.75. The van der Waals surface area contributed by atoms with Gasteiger partial charge in [-0.25, -0.2) is 8.78 Å². The first-order valence-electron chi connectivity index (χ1n) is 5.61. The number of rotatable bonds is 4. The first-order chi connectivity index (χ1) is 9.10. The highest BCUT2D eigenvalue weighted by atomic mass is 35.5. The summed E-state index contributed by atoms with van der Waals surface area (Å²) in [5.74, 6) is -0.640. The maximum atomic E-state index is 13.0. The number of hydrogen-bond acceptors (Lipinski definition) is 2. The number of anilines is 1. The van der Waals surface area contributed by atoms with E-state index in [0.29, 0.717) is 23.0 Å². The SMILES string of the molecule is COc1cccc(Cl)c1CNc1cc(F)cc(F)c1. The van der Waals surface area contributed by atoms with E-state index in [9.17, 15) is 8.78 Å². The van der Waals surface area contributed by atoms with Crippen molar-refractivity contribution in [3.05, 3.63) is 58.6 Å². The van der Waals surface area contributed by atoms with Crippen LogP contribution >= 0.6 is 11.6 Å². The molecule has 0 saturated heterocycles. The van der Waals surface area contributed by atoms with Crippen molar-refractivity contribution in [3.63, 3.8) is 0 Å². The molecule has 0 saturated carbocycles. The van der Waals surface area contributed by atoms with Crippen molar-refractivity contribution in [1.29, 1.82) is 0 Å². The first kappa shape index (κ1) is 13.6. The molecule has 0 aliphatic heterocycles. The zero-order valence-corrected chi connectivity index (χ0v) is 11.0. The van der Waals surface area contributed by atoms with Gasteiger partial charge in [0.2, 0.25) is 0 Å². The smallest absolute Gasteiger partial charge is 0.128 e. The normalized spacial score (nSPS) is 10.3. The Morgan fingerprint density at radius 2 is 1.84 bits per heavy atom. The number of methoxy groups -OCH3 is 1. The molecular weight excluding hydrogens is 272 g/mol. The molecule has 0 bridgehead atoms. The molecule has 0 atom stereocenters. The zero-order chi connectivity index (χ0) is 13.8. The number of nitrogens with one attached hydrogen (secondary N) is 1. The minimum absolute atomic E-state index is 0.311. The van der Waals surface area contributed by atoms with Gasteiger partial charge in [-0.1, -0.05) is 17.7 Å². The Balaban J connectivity index is 2.18. The van der Waals surface area contributed by atoms with Crippen molar-refractivity contribution in [3.8, 4) is 5.75 Å². The number of hydrogen-bond donors (Lipinski definition) is 1. The molecule has 0 heterocycles. The largest absolute Gasteiger partial charge is 0.496 e. The quantitative estimate of drug-likeness (QED) is 0.906. The predicted octanol–water partition coefficient (Wildman–Crippen LogP) is 4.24. The molecule has 0 amide bonds. The molecule has 2 aromatic rings. The maximum absolute atomic E-state index is 13.0. The Hall–Kier alpha value is -1.81. The summed E-state index contributed by atoms with van der Waals surface area (Å²) in [7, 11) is 1.54. The first-order valence-corrected chi connectivity index (χ1v) is 5.99. The molecule has 2 rings (SSSR count). The summed E-state index contributed by atoms with van der Waals surface area (Å²) in [4.78, 5) is 0. The van der Waals surface area contributed by atoms with Gasteiger partial charge in [-0.2, -0.15) is 0 Å². The Bertz CT molecular complexity index is 569. The van der Waals surface area contributed by atoms with Gasteiger partial charge in [0.25, 0.3) is 0 Å². The Morgan fingerprint density at radius 1 is 1.16 bits per heavy atom. The van der Waals surface area contributed by atoms with Gasteiger partial charge in [0, 0.05) is 28.9 Å². The molecule has 1 N–H and O–H groups in total. The van der Waals surface area contributed by atoms with Crippen LogP contribution in [-0.2, 0) is 6.54 Å². The Labute approximate surface area is 115 Å². The lowest BCUT2D eigenvalue weighted by Gasteiger charge is -2.12. The number of halogens is 3. The molecule has 19 heavy (non-hydrogen) atoms. The van der Waals surface area contributed by atoms with Crippen LogP contribution in [0.5, 0.6) is 5.75 Å². The third-order valence-electron chi connectivity index (χ3n) is 2.63. The van der Waals surface area contributed by atoms with Gasteiger partial charge in [-0.05, 0) is 24.3 Å². The van der Waals surface area contributed by atoms with Crippen LogP contribution in [0.25, 0.3) is 0 Å². The van der Waals surface area contributed by atoms with Crippen LogP contribution in [-0.4, -0.2) is 7.11 Å². The minimum atomic E-state index is -0.631. The third kappa shape index (κ3) is 3.35. The fraction of sp³-hybridized carbons (Fsp3) is 0.143. The lowest BCUT2D eigenvalue weighted by molar-refractivity contribution is 0.410. The van der Waals surface area contributed by atoms with Crippen molar-refractivity contribution in [1.82, 2.24) is 0 Å². The monoisotopic (exact) mass is 283 g/mol. The van der Waals surface area contributed by atoms with Crippen LogP contribution in [0.3, 0.4) is 0 Å². The lowest BCUT2D eigenvalue weighted by atomic mass is 10.2. The van der Waals surface area contributed by atoms with E-state index in [1.807, 2.05) is 0 Å². The van der Waals surface area contributed by atoms with E-state index in [1.165, 1.54) is 19.2 Å². The van der Waals surface area contributed by atoms with Crippen molar-refractivity contribution < 1.29 is 13.5 Å². The second-order valence-electron chi connectivity index (χ2n) is 3.93. The predicted molar refractivity (Wildman–Crippen MR) is 71.7 cm³/mol. The highest BCUT2D eigenvalue weighted by Crippen LogP contribution is 2.27. The second kappa shape index (κ2) is 5.89. The molecule has 2 nitrogen and oxygen atoms in total. The molecule has 0 aliphatic rings. The van der Waals surface area contributed by atoms with Gasteiger partial charge >= 0.3 is 0 Å². The molecular formula is C14H12ClF2NO. The standard InChI is InChI=1S/C14H12ClF2NO/c1-19-14-4-2-3-13(15)12(14)8-18-11-6-9(16)5-10(17)7-11/h2-7,18H,8H2,1H3. The molecule has 0 unspecified atom stereocenters. The van der Waals surface area contributed by atoms with Crippen LogP contribution in [0.15, 0.2) is 36.4 Å². The molecule has 2 aromatic carbocycles. The van der Waals surface area contributed by atoms with Crippen LogP contribution in [0.4, 0.5) is 14.5 Å². The van der Waals surface area contributed by atoms with Gasteiger partial charge in [-0.15, -0.1) is 0 Å². The summed E-state index contributed by atoms with van der Waals surface area (Å²) in [6.07, 6.45) is 0. The Morgan fingerprint density at radius 3 is 2.47 bits per heavy atom. The molecule has 0 fully saturated rings. The van der Waals surface area contributed by atoms with Crippen molar-refractivity contribution in [2.75, 3.05) is 12.4 Å². The summed E-state index contributed by atoms with van der Waals surface area (Å²) in [5, 5.41) is 3.44. The van der Waals surface area contributed by atoms with E-state index in [0.717, 1.165) is 11.6 Å². The lowest BCUT2D eigenvalue weighted by Crippen LogP contribution is -2.03. The number of benzene rings is 2. The van der Waals surface area contributed by atoms with Gasteiger partial charge in [-0.3, -0.25) is 0 Å². The van der Waals surface area contributed by atoms with E-state index >= 15 is 0 Å². The topological polar surface area (TPSA) is 21.3 Å². The second-order valence-corrected chi connectivity index (χ2v) is 4.34. The third-order valence-corrected chi connectivity index (χ3v) is 2.98. The van der Waals surface area contributed by atoms with E-state index in [1.54, 1.807) is 18.2 Å². The summed E-state index contributed by atoms with van der Waals surface area (Å²) in [5.41, 5.74) is 1.08. The van der Waals surface area contributed by atoms with Crippen LogP contribution in [0, 0.1) is 11.6 Å². The van der Waals surface area contributed by atoms with E-state index in [-0.39, 0.29) is 0 Å². The minimum Gasteiger partial charge on any atom is -0.496 e. The average molecular weight is 284 g/mol. The van der Waals surface area contributed by atoms with Gasteiger partial charge in [0.1, 0.15) is 17.4 Å². The van der Waals surface area contributed by atoms with Crippen LogP contribution in [0.1, 0.15) is 5.56 Å². The van der Waals surface area contributed by atoms with Crippen molar-refractivity contribution >= 4 is 17.3 Å².